The van der Waals surface area contributed by atoms with E-state index in [1.54, 1.807) is 6.07 Å². The van der Waals surface area contributed by atoms with Crippen molar-refractivity contribution in [2.75, 3.05) is 6.61 Å². The van der Waals surface area contributed by atoms with Crippen molar-refractivity contribution >= 4 is 0 Å². The summed E-state index contributed by atoms with van der Waals surface area (Å²) in [5.41, 5.74) is -0.0998. The van der Waals surface area contributed by atoms with Crippen LogP contribution in [0.1, 0.15) is 37.8 Å². The lowest BCUT2D eigenvalue weighted by atomic mass is 9.94. The molecule has 1 fully saturated rings. The van der Waals surface area contributed by atoms with E-state index in [-0.39, 0.29) is 11.6 Å². The van der Waals surface area contributed by atoms with Crippen molar-refractivity contribution < 1.29 is 17.9 Å². The summed E-state index contributed by atoms with van der Waals surface area (Å²) in [6.45, 7) is 5.20. The van der Waals surface area contributed by atoms with E-state index in [0.717, 1.165) is 18.9 Å². The number of ether oxygens (including phenoxy) is 1. The van der Waals surface area contributed by atoms with Crippen LogP contribution in [0.15, 0.2) is 24.3 Å². The Labute approximate surface area is 117 Å². The highest BCUT2D eigenvalue weighted by Gasteiger charge is 2.31. The molecule has 1 aromatic rings. The zero-order chi connectivity index (χ0) is 14.8. The molecule has 1 aliphatic heterocycles. The molecule has 5 heteroatoms. The van der Waals surface area contributed by atoms with Crippen LogP contribution < -0.4 is 5.32 Å². The summed E-state index contributed by atoms with van der Waals surface area (Å²) >= 11 is 0. The van der Waals surface area contributed by atoms with E-state index >= 15 is 0 Å². The third-order valence-corrected chi connectivity index (χ3v) is 3.55. The number of alkyl halides is 3. The molecule has 0 aliphatic carbocycles. The minimum atomic E-state index is -4.28. The Bertz CT molecular complexity index is 457. The number of nitrogens with one attached hydrogen (secondary N) is 1. The van der Waals surface area contributed by atoms with Crippen LogP contribution in [-0.2, 0) is 17.5 Å². The Morgan fingerprint density at radius 2 is 2.10 bits per heavy atom. The highest BCUT2D eigenvalue weighted by Crippen LogP contribution is 2.29. The van der Waals surface area contributed by atoms with E-state index in [0.29, 0.717) is 18.7 Å². The summed E-state index contributed by atoms with van der Waals surface area (Å²) in [6.07, 6.45) is -2.52. The van der Waals surface area contributed by atoms with E-state index < -0.39 is 11.7 Å². The zero-order valence-electron chi connectivity index (χ0n) is 11.8. The summed E-state index contributed by atoms with van der Waals surface area (Å²) < 4.78 is 43.5. The summed E-state index contributed by atoms with van der Waals surface area (Å²) in [7, 11) is 0. The van der Waals surface area contributed by atoms with Crippen molar-refractivity contribution in [3.63, 3.8) is 0 Å². The standard InChI is InChI=1S/C15H20F3NO/c1-14(2)9-13(6-7-20-14)19-10-11-4-3-5-12(8-11)15(16,17)18/h3-5,8,13,19H,6-7,9-10H2,1-2H3. The molecule has 1 saturated heterocycles. The molecule has 1 heterocycles. The van der Waals surface area contributed by atoms with Gasteiger partial charge in [0.1, 0.15) is 0 Å². The van der Waals surface area contributed by atoms with Gasteiger partial charge in [0.25, 0.3) is 0 Å². The summed E-state index contributed by atoms with van der Waals surface area (Å²) in [5, 5.41) is 3.32. The predicted octanol–water partition coefficient (Wildman–Crippen LogP) is 3.75. The number of benzene rings is 1. The van der Waals surface area contributed by atoms with Crippen molar-refractivity contribution in [1.82, 2.24) is 5.32 Å². The molecule has 0 aromatic heterocycles. The molecule has 2 rings (SSSR count). The van der Waals surface area contributed by atoms with E-state index in [2.05, 4.69) is 5.32 Å². The number of hydrogen-bond acceptors (Lipinski definition) is 2. The van der Waals surface area contributed by atoms with Gasteiger partial charge in [0.2, 0.25) is 0 Å². The smallest absolute Gasteiger partial charge is 0.375 e. The monoisotopic (exact) mass is 287 g/mol. The van der Waals surface area contributed by atoms with Crippen molar-refractivity contribution in [3.05, 3.63) is 35.4 Å². The third-order valence-electron chi connectivity index (χ3n) is 3.55. The average molecular weight is 287 g/mol. The van der Waals surface area contributed by atoms with Crippen LogP contribution in [0.5, 0.6) is 0 Å². The van der Waals surface area contributed by atoms with E-state index in [1.165, 1.54) is 12.1 Å². The Morgan fingerprint density at radius 1 is 1.35 bits per heavy atom. The third kappa shape index (κ3) is 4.21. The molecule has 1 aliphatic rings. The number of halogens is 3. The first kappa shape index (κ1) is 15.3. The lowest BCUT2D eigenvalue weighted by Crippen LogP contribution is -2.43. The van der Waals surface area contributed by atoms with Gasteiger partial charge in [-0.3, -0.25) is 0 Å². The van der Waals surface area contributed by atoms with Gasteiger partial charge in [-0.05, 0) is 38.3 Å². The van der Waals surface area contributed by atoms with Gasteiger partial charge in [0.05, 0.1) is 11.2 Å². The molecular formula is C15H20F3NO. The molecule has 0 bridgehead atoms. The minimum Gasteiger partial charge on any atom is -0.375 e. The Hall–Kier alpha value is -1.07. The van der Waals surface area contributed by atoms with E-state index in [4.69, 9.17) is 4.74 Å². The van der Waals surface area contributed by atoms with Gasteiger partial charge >= 0.3 is 6.18 Å². The molecule has 0 amide bonds. The van der Waals surface area contributed by atoms with Gasteiger partial charge in [0, 0.05) is 19.2 Å². The molecule has 0 saturated carbocycles. The first-order chi connectivity index (χ1) is 9.26. The normalized spacial score (nSPS) is 22.8. The number of rotatable bonds is 3. The van der Waals surface area contributed by atoms with Gasteiger partial charge in [0.15, 0.2) is 0 Å². The first-order valence-corrected chi connectivity index (χ1v) is 6.80. The predicted molar refractivity (Wildman–Crippen MR) is 71.3 cm³/mol. The van der Waals surface area contributed by atoms with Crippen molar-refractivity contribution in [2.24, 2.45) is 0 Å². The molecular weight excluding hydrogens is 267 g/mol. The van der Waals surface area contributed by atoms with Crippen molar-refractivity contribution in [2.45, 2.75) is 51.1 Å². The van der Waals surface area contributed by atoms with Crippen LogP contribution >= 0.6 is 0 Å². The van der Waals surface area contributed by atoms with Gasteiger partial charge in [-0.1, -0.05) is 18.2 Å². The lowest BCUT2D eigenvalue weighted by Gasteiger charge is -2.36. The van der Waals surface area contributed by atoms with E-state index in [1.807, 2.05) is 13.8 Å². The van der Waals surface area contributed by atoms with Crippen LogP contribution in [0.25, 0.3) is 0 Å². The second-order valence-corrected chi connectivity index (χ2v) is 5.88. The molecule has 112 valence electrons. The van der Waals surface area contributed by atoms with Crippen LogP contribution in [0.2, 0.25) is 0 Å². The van der Waals surface area contributed by atoms with Gasteiger partial charge in [-0.25, -0.2) is 0 Å². The lowest BCUT2D eigenvalue weighted by molar-refractivity contribution is -0.137. The largest absolute Gasteiger partial charge is 0.416 e. The SMILES string of the molecule is CC1(C)CC(NCc2cccc(C(F)(F)F)c2)CCO1. The van der Waals surface area contributed by atoms with Crippen LogP contribution in [0.4, 0.5) is 13.2 Å². The Balaban J connectivity index is 1.94. The maximum absolute atomic E-state index is 12.6. The molecule has 1 unspecified atom stereocenters. The van der Waals surface area contributed by atoms with Crippen LogP contribution in [0, 0.1) is 0 Å². The fraction of sp³-hybridized carbons (Fsp3) is 0.600. The summed E-state index contributed by atoms with van der Waals surface area (Å²) in [4.78, 5) is 0. The summed E-state index contributed by atoms with van der Waals surface area (Å²) in [5.74, 6) is 0. The molecule has 1 N–H and O–H groups in total. The Kier molecular flexibility index (Phi) is 4.39. The highest BCUT2D eigenvalue weighted by molar-refractivity contribution is 5.25. The van der Waals surface area contributed by atoms with Crippen LogP contribution in [-0.4, -0.2) is 18.2 Å². The quantitative estimate of drug-likeness (QED) is 0.914. The highest BCUT2D eigenvalue weighted by atomic mass is 19.4. The minimum absolute atomic E-state index is 0.163. The second-order valence-electron chi connectivity index (χ2n) is 5.88. The van der Waals surface area contributed by atoms with E-state index in [9.17, 15) is 13.2 Å². The fourth-order valence-electron chi connectivity index (χ4n) is 2.53. The maximum Gasteiger partial charge on any atom is 0.416 e. The second kappa shape index (κ2) is 5.74. The zero-order valence-corrected chi connectivity index (χ0v) is 11.8. The van der Waals surface area contributed by atoms with Crippen LogP contribution in [0.3, 0.4) is 0 Å². The topological polar surface area (TPSA) is 21.3 Å². The van der Waals surface area contributed by atoms with Gasteiger partial charge in [-0.15, -0.1) is 0 Å². The Morgan fingerprint density at radius 3 is 2.75 bits per heavy atom. The van der Waals surface area contributed by atoms with Crippen molar-refractivity contribution in [3.8, 4) is 0 Å². The summed E-state index contributed by atoms with van der Waals surface area (Å²) in [6, 6.07) is 5.76. The molecule has 1 aromatic carbocycles. The van der Waals surface area contributed by atoms with Crippen molar-refractivity contribution in [1.29, 1.82) is 0 Å². The molecule has 0 spiro atoms. The molecule has 20 heavy (non-hydrogen) atoms. The first-order valence-electron chi connectivity index (χ1n) is 6.80. The maximum atomic E-state index is 12.6. The van der Waals surface area contributed by atoms with Gasteiger partial charge in [-0.2, -0.15) is 13.2 Å². The molecule has 1 atom stereocenters. The van der Waals surface area contributed by atoms with Gasteiger partial charge < -0.3 is 10.1 Å². The molecule has 0 radical (unpaired) electrons. The molecule has 2 nitrogen and oxygen atoms in total. The average Bonchev–Trinajstić information content (AvgIpc) is 2.35. The number of hydrogen-bond donors (Lipinski definition) is 1. The fourth-order valence-corrected chi connectivity index (χ4v) is 2.53.